The Morgan fingerprint density at radius 3 is 2.67 bits per heavy atom. The Labute approximate surface area is 178 Å². The first-order chi connectivity index (χ1) is 14.4. The van der Waals surface area contributed by atoms with E-state index in [1.807, 2.05) is 24.3 Å². The van der Waals surface area contributed by atoms with Crippen LogP contribution in [0.25, 0.3) is 0 Å². The third kappa shape index (κ3) is 3.45. The molecule has 1 aliphatic carbocycles. The fourth-order valence-corrected chi connectivity index (χ4v) is 4.47. The highest BCUT2D eigenvalue weighted by molar-refractivity contribution is 6.34. The third-order valence-electron chi connectivity index (χ3n) is 5.55. The average molecular weight is 427 g/mol. The maximum absolute atomic E-state index is 13.2. The lowest BCUT2D eigenvalue weighted by Gasteiger charge is -2.38. The number of anilines is 1. The van der Waals surface area contributed by atoms with Gasteiger partial charge in [-0.1, -0.05) is 23.7 Å². The van der Waals surface area contributed by atoms with Gasteiger partial charge >= 0.3 is 0 Å². The molecule has 0 saturated heterocycles. The monoisotopic (exact) mass is 426 g/mol. The van der Waals surface area contributed by atoms with Gasteiger partial charge in [0.1, 0.15) is 5.75 Å². The van der Waals surface area contributed by atoms with E-state index in [9.17, 15) is 19.7 Å². The van der Waals surface area contributed by atoms with E-state index in [1.165, 1.54) is 23.1 Å². The molecule has 0 fully saturated rings. The fourth-order valence-electron chi connectivity index (χ4n) is 4.21. The van der Waals surface area contributed by atoms with Crippen molar-refractivity contribution in [2.45, 2.75) is 31.6 Å². The largest absolute Gasteiger partial charge is 0.497 e. The van der Waals surface area contributed by atoms with Crippen molar-refractivity contribution >= 4 is 34.7 Å². The van der Waals surface area contributed by atoms with E-state index in [4.69, 9.17) is 16.3 Å². The van der Waals surface area contributed by atoms with Crippen LogP contribution in [0.3, 0.4) is 0 Å². The molecule has 0 N–H and O–H groups in total. The molecule has 0 saturated carbocycles. The number of methoxy groups -OCH3 is 1. The Morgan fingerprint density at radius 1 is 1.17 bits per heavy atom. The number of rotatable bonds is 4. The molecule has 8 heteroatoms. The van der Waals surface area contributed by atoms with E-state index < -0.39 is 4.92 Å². The van der Waals surface area contributed by atoms with E-state index in [0.717, 1.165) is 5.56 Å². The summed E-state index contributed by atoms with van der Waals surface area (Å²) < 4.78 is 5.30. The van der Waals surface area contributed by atoms with Crippen molar-refractivity contribution in [3.8, 4) is 5.75 Å². The Balaban J connectivity index is 1.85. The van der Waals surface area contributed by atoms with Gasteiger partial charge in [-0.3, -0.25) is 24.6 Å². The molecule has 1 atom stereocenters. The Bertz CT molecular complexity index is 1090. The van der Waals surface area contributed by atoms with Crippen LogP contribution in [0.1, 0.15) is 37.2 Å². The van der Waals surface area contributed by atoms with E-state index in [2.05, 4.69) is 0 Å². The maximum atomic E-state index is 13.2. The number of Topliss-reactive ketones (excluding diaryl/α,β-unsaturated/α-hetero) is 1. The van der Waals surface area contributed by atoms with Gasteiger partial charge in [-0.2, -0.15) is 0 Å². The van der Waals surface area contributed by atoms with Crippen LogP contribution in [0.4, 0.5) is 11.4 Å². The van der Waals surface area contributed by atoms with E-state index in [-0.39, 0.29) is 34.7 Å². The predicted molar refractivity (Wildman–Crippen MR) is 112 cm³/mol. The topological polar surface area (TPSA) is 89.8 Å². The molecule has 2 aromatic carbocycles. The van der Waals surface area contributed by atoms with Crippen LogP contribution >= 0.6 is 11.6 Å². The molecule has 0 aromatic heterocycles. The number of carbonyl (C=O) groups is 2. The number of nitro groups is 1. The van der Waals surface area contributed by atoms with Gasteiger partial charge in [0.2, 0.25) is 5.91 Å². The van der Waals surface area contributed by atoms with E-state index in [1.54, 1.807) is 7.11 Å². The number of hydrogen-bond donors (Lipinski definition) is 0. The number of non-ortho nitro benzene ring substituents is 1. The summed E-state index contributed by atoms with van der Waals surface area (Å²) in [5.41, 5.74) is 2.30. The van der Waals surface area contributed by atoms with E-state index in [0.29, 0.717) is 42.0 Å². The summed E-state index contributed by atoms with van der Waals surface area (Å²) >= 11 is 6.31. The number of benzene rings is 2. The van der Waals surface area contributed by atoms with Gasteiger partial charge in [0, 0.05) is 42.2 Å². The highest BCUT2D eigenvalue weighted by Crippen LogP contribution is 2.45. The second-order valence-corrected chi connectivity index (χ2v) is 7.70. The lowest BCUT2D eigenvalue weighted by atomic mass is 9.77. The van der Waals surface area contributed by atoms with Crippen molar-refractivity contribution in [3.05, 3.63) is 74.4 Å². The zero-order chi connectivity index (χ0) is 21.4. The van der Waals surface area contributed by atoms with Crippen molar-refractivity contribution < 1.29 is 19.2 Å². The smallest absolute Gasteiger partial charge is 0.271 e. The summed E-state index contributed by atoms with van der Waals surface area (Å²) in [5.74, 6) is 0.112. The Kier molecular flexibility index (Phi) is 5.30. The van der Waals surface area contributed by atoms with Crippen LogP contribution in [-0.2, 0) is 9.59 Å². The molecule has 7 nitrogen and oxygen atoms in total. The molecular weight excluding hydrogens is 408 g/mol. The van der Waals surface area contributed by atoms with Crippen molar-refractivity contribution in [2.24, 2.45) is 0 Å². The molecule has 2 aromatic rings. The normalized spacial score (nSPS) is 19.0. The molecule has 0 spiro atoms. The molecule has 0 radical (unpaired) electrons. The number of nitro benzene ring substituents is 1. The first-order valence-corrected chi connectivity index (χ1v) is 9.95. The van der Waals surface area contributed by atoms with Gasteiger partial charge in [0.05, 0.1) is 22.7 Å². The number of hydrogen-bond acceptors (Lipinski definition) is 5. The number of allylic oxidation sites excluding steroid dienone is 2. The number of nitrogens with zero attached hydrogens (tertiary/aromatic N) is 2. The van der Waals surface area contributed by atoms with Crippen LogP contribution in [0.5, 0.6) is 5.75 Å². The first-order valence-electron chi connectivity index (χ1n) is 9.57. The van der Waals surface area contributed by atoms with Crippen LogP contribution in [0.2, 0.25) is 5.02 Å². The molecule has 1 amide bonds. The molecule has 30 heavy (non-hydrogen) atoms. The van der Waals surface area contributed by atoms with Crippen LogP contribution in [-0.4, -0.2) is 23.7 Å². The van der Waals surface area contributed by atoms with Crippen molar-refractivity contribution in [2.75, 3.05) is 12.0 Å². The summed E-state index contributed by atoms with van der Waals surface area (Å²) in [6.07, 6.45) is 1.72. The lowest BCUT2D eigenvalue weighted by molar-refractivity contribution is -0.384. The van der Waals surface area contributed by atoms with Gasteiger partial charge in [-0.05, 0) is 36.6 Å². The van der Waals surface area contributed by atoms with E-state index >= 15 is 0 Å². The standard InChI is InChI=1S/C22H19ClN2O5/c1-30-15-5-2-4-13(10-15)16-12-21(27)24(19-6-3-7-20(26)22(16)19)18-9-8-14(25(28)29)11-17(18)23/h2,4-5,8-11,16H,3,6-7,12H2,1H3. The molecule has 0 bridgehead atoms. The minimum Gasteiger partial charge on any atom is -0.497 e. The van der Waals surface area contributed by atoms with Gasteiger partial charge in [0.15, 0.2) is 5.78 Å². The zero-order valence-electron chi connectivity index (χ0n) is 16.3. The zero-order valence-corrected chi connectivity index (χ0v) is 17.0. The molecule has 1 aliphatic heterocycles. The second kappa shape index (κ2) is 7.91. The number of ether oxygens (including phenoxy) is 1. The van der Waals surface area contributed by atoms with Crippen molar-refractivity contribution in [1.82, 2.24) is 0 Å². The van der Waals surface area contributed by atoms with Gasteiger partial charge in [-0.25, -0.2) is 0 Å². The summed E-state index contributed by atoms with van der Waals surface area (Å²) in [7, 11) is 1.57. The molecule has 4 rings (SSSR count). The molecule has 154 valence electrons. The summed E-state index contributed by atoms with van der Waals surface area (Å²) in [4.78, 5) is 38.1. The van der Waals surface area contributed by atoms with Crippen LogP contribution in [0, 0.1) is 10.1 Å². The van der Waals surface area contributed by atoms with Crippen molar-refractivity contribution in [1.29, 1.82) is 0 Å². The highest BCUT2D eigenvalue weighted by Gasteiger charge is 2.40. The van der Waals surface area contributed by atoms with Gasteiger partial charge < -0.3 is 4.74 Å². The van der Waals surface area contributed by atoms with Gasteiger partial charge in [0.25, 0.3) is 5.69 Å². The molecular formula is C22H19ClN2O5. The summed E-state index contributed by atoms with van der Waals surface area (Å²) in [6, 6.07) is 11.4. The third-order valence-corrected chi connectivity index (χ3v) is 5.86. The van der Waals surface area contributed by atoms with Crippen LogP contribution < -0.4 is 9.64 Å². The number of halogens is 1. The Morgan fingerprint density at radius 2 is 1.97 bits per heavy atom. The van der Waals surface area contributed by atoms with Crippen molar-refractivity contribution in [3.63, 3.8) is 0 Å². The first kappa shape index (κ1) is 20.1. The van der Waals surface area contributed by atoms with Crippen LogP contribution in [0.15, 0.2) is 53.7 Å². The summed E-state index contributed by atoms with van der Waals surface area (Å²) in [6.45, 7) is 0. The lowest BCUT2D eigenvalue weighted by Crippen LogP contribution is -2.40. The Hall–Kier alpha value is -3.19. The number of ketones is 1. The minimum atomic E-state index is -0.540. The SMILES string of the molecule is COc1cccc(C2CC(=O)N(c3ccc([N+](=O)[O-])cc3Cl)C3=C2C(=O)CCC3)c1. The molecule has 1 heterocycles. The second-order valence-electron chi connectivity index (χ2n) is 7.29. The number of carbonyl (C=O) groups excluding carboxylic acids is 2. The maximum Gasteiger partial charge on any atom is 0.271 e. The average Bonchev–Trinajstić information content (AvgIpc) is 2.74. The fraction of sp³-hybridized carbons (Fsp3) is 0.273. The molecule has 1 unspecified atom stereocenters. The predicted octanol–water partition coefficient (Wildman–Crippen LogP) is 4.78. The quantitative estimate of drug-likeness (QED) is 0.518. The minimum absolute atomic E-state index is 0.0135. The summed E-state index contributed by atoms with van der Waals surface area (Å²) in [5, 5.41) is 11.1. The highest BCUT2D eigenvalue weighted by atomic mass is 35.5. The molecule has 2 aliphatic rings. The number of amides is 1. The van der Waals surface area contributed by atoms with Gasteiger partial charge in [-0.15, -0.1) is 0 Å².